The number of carbonyl (C=O) groups excluding carboxylic acids is 1. The van der Waals surface area contributed by atoms with Gasteiger partial charge in [0.15, 0.2) is 0 Å². The fourth-order valence-electron chi connectivity index (χ4n) is 2.33. The molecular formula is C18H21NO3. The first-order valence-corrected chi connectivity index (χ1v) is 7.40. The quantitative estimate of drug-likeness (QED) is 0.599. The first-order valence-electron chi connectivity index (χ1n) is 7.40. The minimum atomic E-state index is -1.21. The number of rotatable bonds is 7. The highest BCUT2D eigenvalue weighted by Gasteiger charge is 2.06. The SMILES string of the molecule is C[NH+](C)CCCOc1ccc2ccccc2c1/C=C\C(=O)[O-]. The summed E-state index contributed by atoms with van der Waals surface area (Å²) in [6.07, 6.45) is 3.53. The normalized spacial score (nSPS) is 11.4. The Morgan fingerprint density at radius 1 is 1.23 bits per heavy atom. The van der Waals surface area contributed by atoms with Gasteiger partial charge >= 0.3 is 0 Å². The summed E-state index contributed by atoms with van der Waals surface area (Å²) in [5, 5.41) is 12.7. The van der Waals surface area contributed by atoms with Crippen LogP contribution in [0.2, 0.25) is 0 Å². The summed E-state index contributed by atoms with van der Waals surface area (Å²) in [4.78, 5) is 12.1. The van der Waals surface area contributed by atoms with Gasteiger partial charge in [-0.25, -0.2) is 0 Å². The second kappa shape index (κ2) is 7.61. The molecule has 116 valence electrons. The van der Waals surface area contributed by atoms with Crippen LogP contribution in [-0.2, 0) is 4.79 Å². The van der Waals surface area contributed by atoms with Gasteiger partial charge in [-0.15, -0.1) is 0 Å². The van der Waals surface area contributed by atoms with Crippen molar-refractivity contribution in [2.45, 2.75) is 6.42 Å². The Balaban J connectivity index is 2.27. The number of carboxylic acid groups (broad SMARTS) is 1. The molecule has 0 fully saturated rings. The zero-order valence-corrected chi connectivity index (χ0v) is 13.0. The highest BCUT2D eigenvalue weighted by atomic mass is 16.5. The van der Waals surface area contributed by atoms with Crippen molar-refractivity contribution in [1.29, 1.82) is 0 Å². The van der Waals surface area contributed by atoms with Crippen molar-refractivity contribution in [3.8, 4) is 5.75 Å². The standard InChI is InChI=1S/C18H21NO3/c1-19(2)12-5-13-22-17-10-8-14-6-3-4-7-15(14)16(17)9-11-18(20)21/h3-4,6-11H,5,12-13H2,1-2H3,(H,20,21)/b11-9-. The third-order valence-electron chi connectivity index (χ3n) is 3.40. The Labute approximate surface area is 130 Å². The molecule has 1 N–H and O–H groups in total. The van der Waals surface area contributed by atoms with Gasteiger partial charge in [0.1, 0.15) is 5.75 Å². The van der Waals surface area contributed by atoms with Gasteiger partial charge in [0.2, 0.25) is 0 Å². The first kappa shape index (κ1) is 16.0. The van der Waals surface area contributed by atoms with E-state index >= 15 is 0 Å². The Bertz CT molecular complexity index is 677. The number of quaternary nitrogens is 1. The third kappa shape index (κ3) is 4.33. The number of ether oxygens (including phenoxy) is 1. The van der Waals surface area contributed by atoms with E-state index in [1.54, 1.807) is 6.08 Å². The van der Waals surface area contributed by atoms with E-state index in [4.69, 9.17) is 4.74 Å². The molecule has 0 amide bonds. The summed E-state index contributed by atoms with van der Waals surface area (Å²) in [6.45, 7) is 1.63. The fraction of sp³-hybridized carbons (Fsp3) is 0.278. The van der Waals surface area contributed by atoms with Crippen molar-refractivity contribution in [3.63, 3.8) is 0 Å². The second-order valence-electron chi connectivity index (χ2n) is 5.51. The number of hydrogen-bond acceptors (Lipinski definition) is 3. The van der Waals surface area contributed by atoms with E-state index in [9.17, 15) is 9.90 Å². The highest BCUT2D eigenvalue weighted by molar-refractivity contribution is 5.96. The average molecular weight is 299 g/mol. The van der Waals surface area contributed by atoms with Gasteiger partial charge in [-0.3, -0.25) is 0 Å². The molecule has 0 atom stereocenters. The Morgan fingerprint density at radius 3 is 2.73 bits per heavy atom. The lowest BCUT2D eigenvalue weighted by atomic mass is 10.0. The van der Waals surface area contributed by atoms with E-state index in [1.165, 1.54) is 4.90 Å². The van der Waals surface area contributed by atoms with Gasteiger partial charge < -0.3 is 19.5 Å². The summed E-state index contributed by atoms with van der Waals surface area (Å²) < 4.78 is 5.85. The lowest BCUT2D eigenvalue weighted by Gasteiger charge is -2.13. The Hall–Kier alpha value is -2.33. The van der Waals surface area contributed by atoms with Crippen LogP contribution >= 0.6 is 0 Å². The molecule has 0 saturated carbocycles. The molecule has 0 bridgehead atoms. The third-order valence-corrected chi connectivity index (χ3v) is 3.40. The molecule has 0 spiro atoms. The average Bonchev–Trinajstić information content (AvgIpc) is 2.49. The van der Waals surface area contributed by atoms with Crippen LogP contribution in [0.5, 0.6) is 5.75 Å². The van der Waals surface area contributed by atoms with E-state index in [0.717, 1.165) is 35.4 Å². The van der Waals surface area contributed by atoms with Gasteiger partial charge in [0, 0.05) is 12.0 Å². The van der Waals surface area contributed by atoms with Crippen LogP contribution in [0, 0.1) is 0 Å². The number of benzene rings is 2. The van der Waals surface area contributed by atoms with Crippen LogP contribution in [0.3, 0.4) is 0 Å². The van der Waals surface area contributed by atoms with Crippen molar-refractivity contribution in [2.24, 2.45) is 0 Å². The molecule has 0 unspecified atom stereocenters. The molecule has 0 aromatic heterocycles. The summed E-state index contributed by atoms with van der Waals surface area (Å²) in [5.74, 6) is -0.514. The van der Waals surface area contributed by atoms with E-state index in [1.807, 2.05) is 36.4 Å². The van der Waals surface area contributed by atoms with Crippen LogP contribution in [0.15, 0.2) is 42.5 Å². The van der Waals surface area contributed by atoms with Crippen LogP contribution < -0.4 is 14.7 Å². The maximum absolute atomic E-state index is 10.7. The predicted molar refractivity (Wildman–Crippen MR) is 85.8 cm³/mol. The molecule has 0 radical (unpaired) electrons. The van der Waals surface area contributed by atoms with Crippen LogP contribution in [0.4, 0.5) is 0 Å². The number of aliphatic carboxylic acids is 1. The minimum Gasteiger partial charge on any atom is -0.545 e. The fourth-order valence-corrected chi connectivity index (χ4v) is 2.33. The maximum atomic E-state index is 10.7. The number of carbonyl (C=O) groups is 1. The summed E-state index contributed by atoms with van der Waals surface area (Å²) in [6, 6.07) is 11.7. The molecule has 0 aliphatic carbocycles. The lowest BCUT2D eigenvalue weighted by Crippen LogP contribution is -3.05. The van der Waals surface area contributed by atoms with Crippen LogP contribution in [0.1, 0.15) is 12.0 Å². The van der Waals surface area contributed by atoms with Gasteiger partial charge in [0.25, 0.3) is 0 Å². The first-order chi connectivity index (χ1) is 10.6. The van der Waals surface area contributed by atoms with Crippen LogP contribution in [0.25, 0.3) is 16.8 Å². The van der Waals surface area contributed by atoms with Crippen LogP contribution in [-0.4, -0.2) is 33.2 Å². The summed E-state index contributed by atoms with van der Waals surface area (Å²) in [5.41, 5.74) is 0.777. The molecule has 22 heavy (non-hydrogen) atoms. The number of nitrogens with one attached hydrogen (secondary N) is 1. The molecule has 0 heterocycles. The summed E-state index contributed by atoms with van der Waals surface area (Å²) >= 11 is 0. The molecular weight excluding hydrogens is 278 g/mol. The van der Waals surface area contributed by atoms with Gasteiger partial charge in [0.05, 0.1) is 33.2 Å². The van der Waals surface area contributed by atoms with Crippen molar-refractivity contribution in [1.82, 2.24) is 0 Å². The molecule has 0 aliphatic rings. The zero-order chi connectivity index (χ0) is 15.9. The number of carboxylic acids is 1. The molecule has 0 saturated heterocycles. The highest BCUT2D eigenvalue weighted by Crippen LogP contribution is 2.29. The Kier molecular flexibility index (Phi) is 5.55. The molecule has 2 aromatic carbocycles. The van der Waals surface area contributed by atoms with E-state index in [0.29, 0.717) is 12.4 Å². The van der Waals surface area contributed by atoms with Crippen molar-refractivity contribution in [2.75, 3.05) is 27.2 Å². The molecule has 2 rings (SSSR count). The van der Waals surface area contributed by atoms with Gasteiger partial charge in [-0.1, -0.05) is 30.3 Å². The van der Waals surface area contributed by atoms with E-state index in [-0.39, 0.29) is 0 Å². The van der Waals surface area contributed by atoms with Gasteiger partial charge in [-0.05, 0) is 29.0 Å². The number of fused-ring (bicyclic) bond motifs is 1. The Morgan fingerprint density at radius 2 is 2.00 bits per heavy atom. The van der Waals surface area contributed by atoms with E-state index in [2.05, 4.69) is 14.1 Å². The molecule has 0 aliphatic heterocycles. The van der Waals surface area contributed by atoms with Crippen molar-refractivity contribution >= 4 is 22.8 Å². The van der Waals surface area contributed by atoms with Crippen molar-refractivity contribution < 1.29 is 19.5 Å². The minimum absolute atomic E-state index is 0.607. The molecule has 4 nitrogen and oxygen atoms in total. The largest absolute Gasteiger partial charge is 0.545 e. The van der Waals surface area contributed by atoms with Gasteiger partial charge in [-0.2, -0.15) is 0 Å². The maximum Gasteiger partial charge on any atom is 0.127 e. The lowest BCUT2D eigenvalue weighted by molar-refractivity contribution is -0.858. The monoisotopic (exact) mass is 299 g/mol. The van der Waals surface area contributed by atoms with E-state index < -0.39 is 5.97 Å². The summed E-state index contributed by atoms with van der Waals surface area (Å²) in [7, 11) is 4.20. The topological polar surface area (TPSA) is 53.8 Å². The predicted octanol–water partition coefficient (Wildman–Crippen LogP) is 0.516. The molecule has 4 heteroatoms. The zero-order valence-electron chi connectivity index (χ0n) is 13.0. The van der Waals surface area contributed by atoms with Crippen molar-refractivity contribution in [3.05, 3.63) is 48.0 Å². The number of hydrogen-bond donors (Lipinski definition) is 1. The molecule has 2 aromatic rings. The second-order valence-corrected chi connectivity index (χ2v) is 5.51. The smallest absolute Gasteiger partial charge is 0.127 e.